The normalized spacial score (nSPS) is 15.3. The highest BCUT2D eigenvalue weighted by atomic mass is 16.4. The second-order valence-electron chi connectivity index (χ2n) is 30.0. The van der Waals surface area contributed by atoms with Crippen molar-refractivity contribution in [3.8, 4) is 0 Å². The van der Waals surface area contributed by atoms with Gasteiger partial charge < -0.3 is 95.2 Å². The number of aliphatic carboxylic acids is 3. The molecule has 636 valence electrons. The van der Waals surface area contributed by atoms with Gasteiger partial charge in [0.25, 0.3) is 5.91 Å². The average molecular weight is 1630 g/mol. The zero-order chi connectivity index (χ0) is 86.0. The van der Waals surface area contributed by atoms with Gasteiger partial charge in [-0.1, -0.05) is 90.1 Å². The summed E-state index contributed by atoms with van der Waals surface area (Å²) in [4.78, 5) is 230. The van der Waals surface area contributed by atoms with Crippen molar-refractivity contribution >= 4 is 111 Å². The van der Waals surface area contributed by atoms with E-state index < -0.39 is 175 Å². The average Bonchev–Trinajstić information content (AvgIpc) is 1.71. The summed E-state index contributed by atoms with van der Waals surface area (Å²) in [5.41, 5.74) is 13.6. The number of nitrogens with zero attached hydrogens (tertiary/aromatic N) is 5. The van der Waals surface area contributed by atoms with E-state index in [-0.39, 0.29) is 134 Å². The Bertz CT molecular complexity index is 4200. The summed E-state index contributed by atoms with van der Waals surface area (Å²) in [5.74, 6) is -14.5. The van der Waals surface area contributed by atoms with Crippen LogP contribution in [-0.4, -0.2) is 285 Å². The highest BCUT2D eigenvalue weighted by Gasteiger charge is 2.36. The van der Waals surface area contributed by atoms with Crippen molar-refractivity contribution in [2.45, 2.75) is 142 Å². The molecule has 0 spiro atoms. The fraction of sp³-hybridized carbons (Fsp3) is 0.500. The van der Waals surface area contributed by atoms with E-state index in [0.717, 1.165) is 0 Å². The first-order valence-electron chi connectivity index (χ1n) is 38.5. The Morgan fingerprint density at radius 1 is 0.462 bits per heavy atom. The third-order valence-electron chi connectivity index (χ3n) is 19.0. The van der Waals surface area contributed by atoms with Crippen LogP contribution in [0.5, 0.6) is 0 Å². The van der Waals surface area contributed by atoms with Crippen molar-refractivity contribution in [1.29, 1.82) is 0 Å². The number of hydrogen-bond acceptors (Lipinski definition) is 21. The molecule has 3 heterocycles. The molecule has 20 N–H and O–H groups in total. The highest BCUT2D eigenvalue weighted by Crippen LogP contribution is 2.21. The maximum atomic E-state index is 14.8. The Morgan fingerprint density at radius 2 is 0.949 bits per heavy atom. The molecule has 8 atom stereocenters. The van der Waals surface area contributed by atoms with Crippen molar-refractivity contribution in [3.63, 3.8) is 0 Å². The minimum absolute atomic E-state index is 0.00809. The van der Waals surface area contributed by atoms with E-state index in [2.05, 4.69) is 73.4 Å². The van der Waals surface area contributed by atoms with Gasteiger partial charge in [0.15, 0.2) is 0 Å². The second kappa shape index (κ2) is 47.0. The molecule has 39 nitrogen and oxygen atoms in total. The standard InChI is InChI=1S/C78H110N20O19/c1-45(2)31-57(70(80)109)90-75(114)58(32-46(3)4)92-77(116)61(35-53-37-81-44-85-53)88-64(101)39-84-78(117)69(47(5)6)94-71(110)48(7)86-74(113)60(34-51-36-82-55-16-12-11-15-54(51)55)93-73(112)56(21-22-62(79)99)89-76(115)59(33-49-13-9-8-10-14-49)91-72(111)50-17-19-52(20-18-50)87-63(100)38-83-65(102)40-95-23-25-96(41-66(103)104)27-29-98(43-68(107)108)30-28-97(26-24-95)42-67(105)106/h8-20,36-37,44-48,56-61,69,82H,21-35,38-43H2,1-7H3,(H2,79,99)(H2,80,109)(H,81,85)(H,83,102)(H,84,117)(H,86,113)(H,87,100)(H,88,101)(H,89,115)(H,90,114)(H,91,111)(H,92,116)(H,93,112)(H,94,110)(H,103,104)(H,105,106)(H,107,108)/t48-,56-,57-,58-,59+,60-,61-,69-/m0/s1. The molecule has 0 radical (unpaired) electrons. The molecule has 39 heteroatoms. The lowest BCUT2D eigenvalue weighted by Gasteiger charge is -2.32. The van der Waals surface area contributed by atoms with Gasteiger partial charge in [0, 0.05) is 118 Å². The highest BCUT2D eigenvalue weighted by molar-refractivity contribution is 6.01. The summed E-state index contributed by atoms with van der Waals surface area (Å²) >= 11 is 0. The van der Waals surface area contributed by atoms with Crippen molar-refractivity contribution in [2.24, 2.45) is 29.2 Å². The maximum absolute atomic E-state index is 14.8. The third-order valence-corrected chi connectivity index (χ3v) is 19.0. The van der Waals surface area contributed by atoms with Crippen LogP contribution in [0.4, 0.5) is 5.69 Å². The molecule has 0 saturated carbocycles. The van der Waals surface area contributed by atoms with E-state index in [0.29, 0.717) is 27.7 Å². The van der Waals surface area contributed by atoms with Gasteiger partial charge in [-0.3, -0.25) is 96.3 Å². The molecule has 1 fully saturated rings. The first-order chi connectivity index (χ1) is 55.5. The number of anilines is 1. The van der Waals surface area contributed by atoms with Crippen LogP contribution in [0.2, 0.25) is 0 Å². The van der Waals surface area contributed by atoms with Gasteiger partial charge in [0.2, 0.25) is 70.9 Å². The van der Waals surface area contributed by atoms with Crippen molar-refractivity contribution in [3.05, 3.63) is 120 Å². The number of carbonyl (C=O) groups is 16. The molecular weight excluding hydrogens is 1520 g/mol. The van der Waals surface area contributed by atoms with E-state index in [4.69, 9.17) is 11.5 Å². The monoisotopic (exact) mass is 1630 g/mol. The van der Waals surface area contributed by atoms with E-state index in [9.17, 15) is 92.0 Å². The number of nitrogens with one attached hydrogen (secondary N) is 13. The summed E-state index contributed by atoms with van der Waals surface area (Å²) < 4.78 is 0. The largest absolute Gasteiger partial charge is 0.480 e. The molecular formula is C78H110N20O19. The van der Waals surface area contributed by atoms with Gasteiger partial charge in [0.05, 0.1) is 45.6 Å². The number of amides is 13. The summed E-state index contributed by atoms with van der Waals surface area (Å²) in [7, 11) is 0. The predicted molar refractivity (Wildman–Crippen MR) is 426 cm³/mol. The number of nitrogens with two attached hydrogens (primary N) is 2. The number of para-hydroxylation sites is 1. The zero-order valence-corrected chi connectivity index (χ0v) is 66.7. The number of rotatable bonds is 44. The topological polar surface area (TPSA) is 576 Å². The number of carbonyl (C=O) groups excluding carboxylic acids is 13. The number of hydrogen-bond donors (Lipinski definition) is 18. The van der Waals surface area contributed by atoms with Crippen LogP contribution in [-0.2, 0) is 91.2 Å². The lowest BCUT2D eigenvalue weighted by molar-refractivity contribution is -0.140. The predicted octanol–water partition coefficient (Wildman–Crippen LogP) is -2.72. The van der Waals surface area contributed by atoms with Gasteiger partial charge in [-0.15, -0.1) is 0 Å². The van der Waals surface area contributed by atoms with Crippen LogP contribution in [0, 0.1) is 17.8 Å². The number of aromatic nitrogens is 3. The number of H-pyrrole nitrogens is 2. The Kier molecular flexibility index (Phi) is 37.6. The van der Waals surface area contributed by atoms with Gasteiger partial charge in [0.1, 0.15) is 48.3 Å². The van der Waals surface area contributed by atoms with Crippen molar-refractivity contribution in [2.75, 3.05) is 96.9 Å². The molecule has 5 aromatic rings. The summed E-state index contributed by atoms with van der Waals surface area (Å²) in [6.07, 6.45) is 3.45. The minimum Gasteiger partial charge on any atom is -0.480 e. The Balaban J connectivity index is 1.11. The summed E-state index contributed by atoms with van der Waals surface area (Å²) in [6, 6.07) is 10.3. The molecule has 0 unspecified atom stereocenters. The number of fused-ring (bicyclic) bond motifs is 1. The van der Waals surface area contributed by atoms with E-state index >= 15 is 0 Å². The molecule has 1 saturated heterocycles. The summed E-state index contributed by atoms with van der Waals surface area (Å²) in [5, 5.41) is 58.2. The fourth-order valence-electron chi connectivity index (χ4n) is 12.8. The summed E-state index contributed by atoms with van der Waals surface area (Å²) in [6.45, 7) is 10.7. The first kappa shape index (κ1) is 93.6. The Labute approximate surface area is 676 Å². The van der Waals surface area contributed by atoms with E-state index in [1.165, 1.54) is 43.7 Å². The maximum Gasteiger partial charge on any atom is 0.317 e. The molecule has 0 bridgehead atoms. The molecule has 13 amide bonds. The molecule has 117 heavy (non-hydrogen) atoms. The number of benzene rings is 3. The third kappa shape index (κ3) is 33.3. The molecule has 3 aromatic carbocycles. The van der Waals surface area contributed by atoms with Crippen LogP contribution in [0.3, 0.4) is 0 Å². The van der Waals surface area contributed by atoms with Gasteiger partial charge in [-0.05, 0) is 85.4 Å². The van der Waals surface area contributed by atoms with Crippen LogP contribution in [0.15, 0.2) is 97.6 Å². The van der Waals surface area contributed by atoms with Crippen LogP contribution >= 0.6 is 0 Å². The number of carboxylic acids is 3. The SMILES string of the molecule is CC(C)C[C@H](NC(=O)[C@H](CC(C)C)NC(=O)[C@H](Cc1cnc[nH]1)NC(=O)CNC(=O)[C@@H](NC(=O)[C@H](C)NC(=O)[C@H](Cc1c[nH]c2ccccc12)NC(=O)[C@H](CCC(N)=O)NC(=O)[C@@H](Cc1ccccc1)NC(=O)c1ccc(NC(=O)CNC(=O)CN2CCN(CC(=O)O)CCN(CC(=O)O)CCN(CC(=O)O)CC2)cc1)C(C)C)C(N)=O. The van der Waals surface area contributed by atoms with Gasteiger partial charge in [-0.25, -0.2) is 4.98 Å². The second-order valence-corrected chi connectivity index (χ2v) is 30.0. The Hall–Kier alpha value is -12.2. The van der Waals surface area contributed by atoms with Crippen LogP contribution < -0.4 is 70.0 Å². The van der Waals surface area contributed by atoms with Crippen LogP contribution in [0.25, 0.3) is 10.9 Å². The van der Waals surface area contributed by atoms with E-state index in [1.54, 1.807) is 94.2 Å². The minimum atomic E-state index is -1.60. The number of aromatic amines is 2. The van der Waals surface area contributed by atoms with Crippen LogP contribution in [0.1, 0.15) is 101 Å². The molecule has 2 aromatic heterocycles. The molecule has 0 aliphatic carbocycles. The molecule has 1 aliphatic heterocycles. The Morgan fingerprint density at radius 3 is 1.49 bits per heavy atom. The van der Waals surface area contributed by atoms with E-state index in [1.807, 2.05) is 27.7 Å². The lowest BCUT2D eigenvalue weighted by Crippen LogP contribution is -2.60. The quantitative estimate of drug-likeness (QED) is 0.0188. The molecule has 6 rings (SSSR count). The number of primary amides is 2. The van der Waals surface area contributed by atoms with Gasteiger partial charge >= 0.3 is 17.9 Å². The zero-order valence-electron chi connectivity index (χ0n) is 66.7. The number of carboxylic acid groups (broad SMARTS) is 3. The van der Waals surface area contributed by atoms with Crippen molar-refractivity contribution < 1.29 is 92.0 Å². The molecule has 1 aliphatic rings. The smallest absolute Gasteiger partial charge is 0.317 e. The fourth-order valence-corrected chi connectivity index (χ4v) is 12.8. The first-order valence-corrected chi connectivity index (χ1v) is 38.5. The number of imidazole rings is 1. The van der Waals surface area contributed by atoms with Gasteiger partial charge in [-0.2, -0.15) is 0 Å². The van der Waals surface area contributed by atoms with Crippen molar-refractivity contribution in [1.82, 2.24) is 87.7 Å². The lowest BCUT2D eigenvalue weighted by atomic mass is 9.99.